The molecule has 1 N–H and O–H groups in total. The number of thiazole rings is 1. The number of nitrogens with zero attached hydrogens (tertiary/aromatic N) is 1. The van der Waals surface area contributed by atoms with Crippen molar-refractivity contribution in [2.24, 2.45) is 0 Å². The average Bonchev–Trinajstić information content (AvgIpc) is 2.36. The Balaban J connectivity index is 2.46. The Labute approximate surface area is 82.1 Å². The first kappa shape index (κ1) is 9.47. The van der Waals surface area contributed by atoms with Gasteiger partial charge in [0.1, 0.15) is 0 Å². The van der Waals surface area contributed by atoms with Crippen molar-refractivity contribution in [2.75, 3.05) is 6.54 Å². The molecule has 0 aromatic carbocycles. The second-order valence-corrected chi connectivity index (χ2v) is 4.12. The summed E-state index contributed by atoms with van der Waals surface area (Å²) in [4.78, 5) is 14.7. The largest absolute Gasteiger partial charge is 0.413 e. The van der Waals surface area contributed by atoms with E-state index in [1.54, 1.807) is 0 Å². The van der Waals surface area contributed by atoms with Crippen molar-refractivity contribution in [3.63, 3.8) is 0 Å². The van der Waals surface area contributed by atoms with Crippen molar-refractivity contribution in [1.29, 1.82) is 0 Å². The molecule has 1 heterocycles. The maximum Gasteiger partial charge on any atom is 0.413 e. The summed E-state index contributed by atoms with van der Waals surface area (Å²) in [6.07, 6.45) is 1.04. The van der Waals surface area contributed by atoms with E-state index in [1.165, 1.54) is 17.5 Å². The van der Waals surface area contributed by atoms with Crippen LogP contribution in [0.2, 0.25) is 0 Å². The second kappa shape index (κ2) is 4.42. The molecule has 0 aliphatic carbocycles. The molecule has 0 saturated heterocycles. The van der Waals surface area contributed by atoms with Crippen LogP contribution in [0.4, 0.5) is 4.79 Å². The number of hydrogen-bond acceptors (Lipinski definition) is 4. The molecule has 66 valence electrons. The molecule has 0 aliphatic heterocycles. The van der Waals surface area contributed by atoms with Gasteiger partial charge in [-0.05, 0) is 22.9 Å². The normalized spacial score (nSPS) is 9.50. The molecule has 1 rings (SSSR count). The molecule has 0 bridgehead atoms. The maximum absolute atomic E-state index is 10.9. The summed E-state index contributed by atoms with van der Waals surface area (Å²) in [7, 11) is 0. The van der Waals surface area contributed by atoms with E-state index in [4.69, 9.17) is 4.74 Å². The van der Waals surface area contributed by atoms with Gasteiger partial charge in [0.15, 0.2) is 3.92 Å². The van der Waals surface area contributed by atoms with Gasteiger partial charge in [-0.15, -0.1) is 0 Å². The van der Waals surface area contributed by atoms with Crippen LogP contribution >= 0.6 is 27.3 Å². The zero-order chi connectivity index (χ0) is 8.97. The van der Waals surface area contributed by atoms with Crippen LogP contribution in [0, 0.1) is 0 Å². The van der Waals surface area contributed by atoms with E-state index in [0.29, 0.717) is 15.5 Å². The number of nitrogens with one attached hydrogen (secondary N) is 1. The number of aromatic nitrogens is 1. The molecular weight excluding hydrogens is 244 g/mol. The minimum atomic E-state index is -0.450. The molecule has 6 heteroatoms. The van der Waals surface area contributed by atoms with Crippen LogP contribution < -0.4 is 10.1 Å². The number of amides is 1. The van der Waals surface area contributed by atoms with E-state index < -0.39 is 6.09 Å². The molecule has 0 fully saturated rings. The van der Waals surface area contributed by atoms with Crippen molar-refractivity contribution in [2.45, 2.75) is 6.92 Å². The van der Waals surface area contributed by atoms with Crippen molar-refractivity contribution in [1.82, 2.24) is 10.3 Å². The zero-order valence-electron chi connectivity index (χ0n) is 6.33. The fraction of sp³-hybridized carbons (Fsp3) is 0.333. The number of rotatable bonds is 2. The highest BCUT2D eigenvalue weighted by Gasteiger charge is 2.04. The Kier molecular flexibility index (Phi) is 3.48. The summed E-state index contributed by atoms with van der Waals surface area (Å²) in [6, 6.07) is 0. The van der Waals surface area contributed by atoms with E-state index in [-0.39, 0.29) is 0 Å². The Morgan fingerprint density at radius 2 is 2.67 bits per heavy atom. The first-order valence-corrected chi connectivity index (χ1v) is 4.90. The number of ether oxygens (including phenoxy) is 1. The Hall–Kier alpha value is -0.620. The first-order valence-electron chi connectivity index (χ1n) is 3.29. The van der Waals surface area contributed by atoms with Gasteiger partial charge in [-0.25, -0.2) is 9.78 Å². The standard InChI is InChI=1S/C6H7BrN2O2S/c1-2-8-6(10)11-4-3-9-5(7)12-4/h3H,2H2,1H3,(H,8,10). The van der Waals surface area contributed by atoms with Gasteiger partial charge in [0.25, 0.3) is 0 Å². The molecular formula is C6H7BrN2O2S. The van der Waals surface area contributed by atoms with Gasteiger partial charge in [0, 0.05) is 6.54 Å². The third-order valence-electron chi connectivity index (χ3n) is 0.971. The van der Waals surface area contributed by atoms with E-state index in [2.05, 4.69) is 26.2 Å². The summed E-state index contributed by atoms with van der Waals surface area (Å²) < 4.78 is 5.55. The number of hydrogen-bond donors (Lipinski definition) is 1. The predicted octanol–water partition coefficient (Wildman–Crippen LogP) is 2.01. The lowest BCUT2D eigenvalue weighted by molar-refractivity contribution is 0.202. The van der Waals surface area contributed by atoms with E-state index in [1.807, 2.05) is 6.92 Å². The Bertz CT molecular complexity index is 276. The van der Waals surface area contributed by atoms with E-state index >= 15 is 0 Å². The van der Waals surface area contributed by atoms with Crippen LogP contribution in [0.15, 0.2) is 10.1 Å². The van der Waals surface area contributed by atoms with Crippen molar-refractivity contribution in [3.05, 3.63) is 10.1 Å². The molecule has 0 spiro atoms. The minimum Gasteiger partial charge on any atom is -0.397 e. The van der Waals surface area contributed by atoms with Crippen molar-refractivity contribution < 1.29 is 9.53 Å². The third-order valence-corrected chi connectivity index (χ3v) is 2.32. The summed E-state index contributed by atoms with van der Waals surface area (Å²) in [5, 5.41) is 2.99. The minimum absolute atomic E-state index is 0.450. The summed E-state index contributed by atoms with van der Waals surface area (Å²) in [5.41, 5.74) is 0. The molecule has 0 radical (unpaired) electrons. The molecule has 0 aliphatic rings. The van der Waals surface area contributed by atoms with Crippen LogP contribution in [0.1, 0.15) is 6.92 Å². The third kappa shape index (κ3) is 2.78. The SMILES string of the molecule is CCNC(=O)Oc1cnc(Br)s1. The van der Waals surface area contributed by atoms with Crippen LogP contribution in [0.5, 0.6) is 5.06 Å². The quantitative estimate of drug-likeness (QED) is 0.874. The van der Waals surface area contributed by atoms with Gasteiger partial charge in [-0.3, -0.25) is 0 Å². The lowest BCUT2D eigenvalue weighted by Crippen LogP contribution is -2.25. The number of halogens is 1. The lowest BCUT2D eigenvalue weighted by atomic mass is 10.7. The van der Waals surface area contributed by atoms with Crippen LogP contribution in [-0.2, 0) is 0 Å². The summed E-state index contributed by atoms with van der Waals surface area (Å²) >= 11 is 4.42. The molecule has 1 aromatic rings. The molecule has 1 amide bonds. The molecule has 12 heavy (non-hydrogen) atoms. The zero-order valence-corrected chi connectivity index (χ0v) is 8.74. The van der Waals surface area contributed by atoms with Gasteiger partial charge in [0.05, 0.1) is 6.20 Å². The highest BCUT2D eigenvalue weighted by atomic mass is 79.9. The molecule has 0 unspecified atom stereocenters. The topological polar surface area (TPSA) is 51.2 Å². The monoisotopic (exact) mass is 250 g/mol. The molecule has 4 nitrogen and oxygen atoms in total. The summed E-state index contributed by atoms with van der Waals surface area (Å²) in [5.74, 6) is 0. The van der Waals surface area contributed by atoms with Crippen molar-refractivity contribution in [3.8, 4) is 5.06 Å². The van der Waals surface area contributed by atoms with Crippen LogP contribution in [-0.4, -0.2) is 17.6 Å². The van der Waals surface area contributed by atoms with Crippen LogP contribution in [0.3, 0.4) is 0 Å². The smallest absolute Gasteiger partial charge is 0.397 e. The van der Waals surface area contributed by atoms with E-state index in [9.17, 15) is 4.79 Å². The van der Waals surface area contributed by atoms with Gasteiger partial charge >= 0.3 is 6.09 Å². The van der Waals surface area contributed by atoms with Gasteiger partial charge < -0.3 is 10.1 Å². The van der Waals surface area contributed by atoms with Crippen molar-refractivity contribution >= 4 is 33.4 Å². The Morgan fingerprint density at radius 3 is 3.17 bits per heavy atom. The van der Waals surface area contributed by atoms with Gasteiger partial charge in [-0.2, -0.15) is 0 Å². The van der Waals surface area contributed by atoms with Gasteiger partial charge in [-0.1, -0.05) is 11.3 Å². The highest BCUT2D eigenvalue weighted by Crippen LogP contribution is 2.25. The highest BCUT2D eigenvalue weighted by molar-refractivity contribution is 9.11. The lowest BCUT2D eigenvalue weighted by Gasteiger charge is -1.99. The fourth-order valence-corrected chi connectivity index (χ4v) is 1.63. The molecule has 1 aromatic heterocycles. The van der Waals surface area contributed by atoms with E-state index in [0.717, 1.165) is 0 Å². The number of carbonyl (C=O) groups excluding carboxylic acids is 1. The maximum atomic E-state index is 10.9. The Morgan fingerprint density at radius 1 is 1.92 bits per heavy atom. The fourth-order valence-electron chi connectivity index (χ4n) is 0.558. The molecule has 0 saturated carbocycles. The second-order valence-electron chi connectivity index (χ2n) is 1.85. The molecule has 0 atom stereocenters. The first-order chi connectivity index (χ1) is 5.72. The average molecular weight is 251 g/mol. The predicted molar refractivity (Wildman–Crippen MR) is 49.5 cm³/mol. The number of carbonyl (C=O) groups is 1. The summed E-state index contributed by atoms with van der Waals surface area (Å²) in [6.45, 7) is 2.38. The van der Waals surface area contributed by atoms with Gasteiger partial charge in [0.2, 0.25) is 5.06 Å². The van der Waals surface area contributed by atoms with Crippen LogP contribution in [0.25, 0.3) is 0 Å².